The third-order valence-electron chi connectivity index (χ3n) is 4.21. The zero-order valence-corrected chi connectivity index (χ0v) is 14.2. The Morgan fingerprint density at radius 2 is 2.00 bits per heavy atom. The molecule has 20 heavy (non-hydrogen) atoms. The van der Waals surface area contributed by atoms with Crippen molar-refractivity contribution in [2.24, 2.45) is 0 Å². The van der Waals surface area contributed by atoms with E-state index in [1.807, 2.05) is 11.3 Å². The van der Waals surface area contributed by atoms with Gasteiger partial charge in [0, 0.05) is 23.4 Å². The molecule has 1 aromatic rings. The van der Waals surface area contributed by atoms with Crippen LogP contribution in [0.4, 0.5) is 0 Å². The fraction of sp³-hybridized carbons (Fsp3) is 0.812. The van der Waals surface area contributed by atoms with E-state index < -0.39 is 0 Å². The molecular formula is C16H29N3S. The van der Waals surface area contributed by atoms with E-state index in [2.05, 4.69) is 37.9 Å². The number of rotatable bonds is 9. The first-order chi connectivity index (χ1) is 9.67. The quantitative estimate of drug-likeness (QED) is 0.752. The molecule has 1 atom stereocenters. The van der Waals surface area contributed by atoms with Crippen molar-refractivity contribution in [1.82, 2.24) is 15.2 Å². The second-order valence-electron chi connectivity index (χ2n) is 5.84. The van der Waals surface area contributed by atoms with Crippen LogP contribution >= 0.6 is 11.3 Å². The van der Waals surface area contributed by atoms with Gasteiger partial charge >= 0.3 is 0 Å². The van der Waals surface area contributed by atoms with Crippen molar-refractivity contribution in [3.05, 3.63) is 15.6 Å². The topological polar surface area (TPSA) is 28.2 Å². The summed E-state index contributed by atoms with van der Waals surface area (Å²) in [4.78, 5) is 8.88. The maximum atomic E-state index is 4.95. The van der Waals surface area contributed by atoms with Gasteiger partial charge in [0.1, 0.15) is 5.01 Å². The van der Waals surface area contributed by atoms with Gasteiger partial charge in [-0.15, -0.1) is 11.3 Å². The minimum absolute atomic E-state index is 0.593. The Labute approximate surface area is 127 Å². The van der Waals surface area contributed by atoms with E-state index >= 15 is 0 Å². The van der Waals surface area contributed by atoms with Crippen molar-refractivity contribution in [1.29, 1.82) is 0 Å². The molecule has 0 amide bonds. The molecular weight excluding hydrogens is 266 g/mol. The van der Waals surface area contributed by atoms with Gasteiger partial charge in [0.25, 0.3) is 0 Å². The van der Waals surface area contributed by atoms with Gasteiger partial charge in [0.2, 0.25) is 0 Å². The molecule has 1 fully saturated rings. The minimum atomic E-state index is 0.593. The van der Waals surface area contributed by atoms with Gasteiger partial charge in [-0.2, -0.15) is 0 Å². The Bertz CT molecular complexity index is 408. The molecule has 4 heteroatoms. The molecule has 2 rings (SSSR count). The third-order valence-corrected chi connectivity index (χ3v) is 5.27. The van der Waals surface area contributed by atoms with Crippen molar-refractivity contribution in [3.8, 4) is 0 Å². The Kier molecular flexibility index (Phi) is 6.00. The number of aromatic nitrogens is 1. The van der Waals surface area contributed by atoms with Crippen LogP contribution in [0.15, 0.2) is 0 Å². The Morgan fingerprint density at radius 3 is 2.55 bits per heavy atom. The number of thiazole rings is 1. The van der Waals surface area contributed by atoms with Gasteiger partial charge < -0.3 is 5.32 Å². The summed E-state index contributed by atoms with van der Waals surface area (Å²) in [5, 5.41) is 4.93. The SMILES string of the molecule is CCC(C)NCc1sc(CN(CC)CC)nc1C1CC1. The first-order valence-electron chi connectivity index (χ1n) is 8.12. The molecule has 1 aromatic heterocycles. The monoisotopic (exact) mass is 295 g/mol. The van der Waals surface area contributed by atoms with Gasteiger partial charge in [-0.25, -0.2) is 4.98 Å². The Hall–Kier alpha value is -0.450. The smallest absolute Gasteiger partial charge is 0.107 e. The highest BCUT2D eigenvalue weighted by Crippen LogP contribution is 2.42. The predicted octanol–water partition coefficient (Wildman–Crippen LogP) is 3.75. The van der Waals surface area contributed by atoms with Gasteiger partial charge in [-0.05, 0) is 39.3 Å². The summed E-state index contributed by atoms with van der Waals surface area (Å²) in [7, 11) is 0. The lowest BCUT2D eigenvalue weighted by Crippen LogP contribution is -2.24. The van der Waals surface area contributed by atoms with Gasteiger partial charge in [-0.3, -0.25) is 4.90 Å². The molecule has 1 aliphatic rings. The van der Waals surface area contributed by atoms with Crippen LogP contribution in [0, 0.1) is 0 Å². The van der Waals surface area contributed by atoms with Crippen LogP contribution in [0.2, 0.25) is 0 Å². The number of hydrogen-bond donors (Lipinski definition) is 1. The van der Waals surface area contributed by atoms with Crippen molar-refractivity contribution in [2.75, 3.05) is 13.1 Å². The van der Waals surface area contributed by atoms with E-state index in [-0.39, 0.29) is 0 Å². The zero-order chi connectivity index (χ0) is 14.5. The standard InChI is InChI=1S/C16H29N3S/c1-5-12(4)17-10-14-16(13-8-9-13)18-15(20-14)11-19(6-2)7-3/h12-13,17H,5-11H2,1-4H3. The minimum Gasteiger partial charge on any atom is -0.309 e. The largest absolute Gasteiger partial charge is 0.309 e. The van der Waals surface area contributed by atoms with E-state index in [4.69, 9.17) is 4.98 Å². The molecule has 114 valence electrons. The van der Waals surface area contributed by atoms with E-state index in [0.29, 0.717) is 6.04 Å². The summed E-state index contributed by atoms with van der Waals surface area (Å²) in [6.07, 6.45) is 3.86. The van der Waals surface area contributed by atoms with E-state index in [9.17, 15) is 0 Å². The van der Waals surface area contributed by atoms with Gasteiger partial charge in [0.05, 0.1) is 12.2 Å². The third kappa shape index (κ3) is 4.27. The van der Waals surface area contributed by atoms with Crippen molar-refractivity contribution >= 4 is 11.3 Å². The number of nitrogens with one attached hydrogen (secondary N) is 1. The van der Waals surface area contributed by atoms with Crippen LogP contribution in [0.5, 0.6) is 0 Å². The van der Waals surface area contributed by atoms with Gasteiger partial charge in [-0.1, -0.05) is 20.8 Å². The molecule has 0 aromatic carbocycles. The van der Waals surface area contributed by atoms with Crippen LogP contribution in [0.25, 0.3) is 0 Å². The fourth-order valence-electron chi connectivity index (χ4n) is 2.33. The maximum Gasteiger partial charge on any atom is 0.107 e. The average molecular weight is 295 g/mol. The lowest BCUT2D eigenvalue weighted by atomic mass is 10.2. The maximum absolute atomic E-state index is 4.95. The molecule has 0 spiro atoms. The molecule has 1 aliphatic carbocycles. The van der Waals surface area contributed by atoms with Crippen LogP contribution < -0.4 is 5.32 Å². The van der Waals surface area contributed by atoms with E-state index in [0.717, 1.165) is 32.1 Å². The second kappa shape index (κ2) is 7.53. The van der Waals surface area contributed by atoms with Crippen LogP contribution in [0.3, 0.4) is 0 Å². The molecule has 1 saturated carbocycles. The molecule has 0 saturated heterocycles. The van der Waals surface area contributed by atoms with Crippen molar-refractivity contribution < 1.29 is 0 Å². The molecule has 0 aliphatic heterocycles. The van der Waals surface area contributed by atoms with Gasteiger partial charge in [0.15, 0.2) is 0 Å². The summed E-state index contributed by atoms with van der Waals surface area (Å²) in [6.45, 7) is 13.2. The molecule has 1 heterocycles. The number of hydrogen-bond acceptors (Lipinski definition) is 4. The van der Waals surface area contributed by atoms with Crippen LogP contribution in [-0.4, -0.2) is 29.0 Å². The normalized spacial score (nSPS) is 16.9. The Morgan fingerprint density at radius 1 is 1.30 bits per heavy atom. The summed E-state index contributed by atoms with van der Waals surface area (Å²) in [6, 6.07) is 0.593. The average Bonchev–Trinajstić information content (AvgIpc) is 3.23. The zero-order valence-electron chi connectivity index (χ0n) is 13.4. The number of nitrogens with zero attached hydrogens (tertiary/aromatic N) is 2. The summed E-state index contributed by atoms with van der Waals surface area (Å²) < 4.78 is 0. The van der Waals surface area contributed by atoms with Crippen LogP contribution in [-0.2, 0) is 13.1 Å². The van der Waals surface area contributed by atoms with Crippen molar-refractivity contribution in [2.45, 2.75) is 72.0 Å². The highest BCUT2D eigenvalue weighted by molar-refractivity contribution is 7.11. The first-order valence-corrected chi connectivity index (χ1v) is 8.93. The summed E-state index contributed by atoms with van der Waals surface area (Å²) in [5.41, 5.74) is 1.40. The highest BCUT2D eigenvalue weighted by Gasteiger charge is 2.29. The van der Waals surface area contributed by atoms with Crippen LogP contribution in [0.1, 0.15) is 68.5 Å². The molecule has 3 nitrogen and oxygen atoms in total. The molecule has 0 bridgehead atoms. The first kappa shape index (κ1) is 15.9. The van der Waals surface area contributed by atoms with E-state index in [1.165, 1.54) is 34.8 Å². The highest BCUT2D eigenvalue weighted by atomic mass is 32.1. The van der Waals surface area contributed by atoms with Crippen molar-refractivity contribution in [3.63, 3.8) is 0 Å². The summed E-state index contributed by atoms with van der Waals surface area (Å²) in [5.74, 6) is 0.755. The predicted molar refractivity (Wildman–Crippen MR) is 87.3 cm³/mol. The second-order valence-corrected chi connectivity index (χ2v) is 7.01. The lowest BCUT2D eigenvalue weighted by molar-refractivity contribution is 0.295. The molecule has 1 N–H and O–H groups in total. The lowest BCUT2D eigenvalue weighted by Gasteiger charge is -2.15. The fourth-order valence-corrected chi connectivity index (χ4v) is 3.48. The van der Waals surface area contributed by atoms with E-state index in [1.54, 1.807) is 0 Å². The summed E-state index contributed by atoms with van der Waals surface area (Å²) >= 11 is 1.92. The molecule has 1 unspecified atom stereocenters. The molecule has 0 radical (unpaired) electrons. The Balaban J connectivity index is 2.03.